The second kappa shape index (κ2) is 4.66. The number of nitrogens with one attached hydrogen (secondary N) is 2. The summed E-state index contributed by atoms with van der Waals surface area (Å²) in [6.45, 7) is 0. The predicted octanol–water partition coefficient (Wildman–Crippen LogP) is 2.43. The van der Waals surface area contributed by atoms with Crippen LogP contribution in [0.3, 0.4) is 0 Å². The Bertz CT molecular complexity index is 1120. The zero-order chi connectivity index (χ0) is 15.1. The Kier molecular flexibility index (Phi) is 2.66. The Hall–Kier alpha value is -3.21. The smallest absolute Gasteiger partial charge is 0.291 e. The molecule has 5 heteroatoms. The molecule has 0 fully saturated rings. The second-order valence-electron chi connectivity index (χ2n) is 5.02. The van der Waals surface area contributed by atoms with Crippen molar-refractivity contribution in [1.29, 1.82) is 0 Å². The summed E-state index contributed by atoms with van der Waals surface area (Å²) in [7, 11) is 0. The third kappa shape index (κ3) is 1.83. The van der Waals surface area contributed by atoms with E-state index in [1.807, 2.05) is 42.5 Å². The van der Waals surface area contributed by atoms with Crippen LogP contribution in [0.4, 0.5) is 0 Å². The maximum atomic E-state index is 12.2. The molecule has 0 spiro atoms. The Morgan fingerprint density at radius 3 is 2.55 bits per heavy atom. The van der Waals surface area contributed by atoms with Gasteiger partial charge in [-0.2, -0.15) is 0 Å². The summed E-state index contributed by atoms with van der Waals surface area (Å²) < 4.78 is 0. The second-order valence-corrected chi connectivity index (χ2v) is 5.02. The minimum Gasteiger partial charge on any atom is -0.291 e. The molecule has 0 saturated heterocycles. The molecule has 0 saturated carbocycles. The van der Waals surface area contributed by atoms with Gasteiger partial charge in [0, 0.05) is 11.8 Å². The third-order valence-electron chi connectivity index (χ3n) is 3.72. The van der Waals surface area contributed by atoms with Crippen LogP contribution in [-0.2, 0) is 0 Å². The van der Waals surface area contributed by atoms with Gasteiger partial charge in [0.25, 0.3) is 5.56 Å². The predicted molar refractivity (Wildman–Crippen MR) is 85.9 cm³/mol. The van der Waals surface area contributed by atoms with E-state index < -0.39 is 11.2 Å². The molecule has 0 bridgehead atoms. The molecule has 2 heterocycles. The zero-order valence-corrected chi connectivity index (χ0v) is 11.5. The van der Waals surface area contributed by atoms with Gasteiger partial charge in [0.05, 0.1) is 5.39 Å². The molecule has 2 N–H and O–H groups in total. The number of aromatic nitrogens is 3. The summed E-state index contributed by atoms with van der Waals surface area (Å²) >= 11 is 0. The van der Waals surface area contributed by atoms with Crippen molar-refractivity contribution >= 4 is 21.8 Å². The summed E-state index contributed by atoms with van der Waals surface area (Å²) in [6.07, 6.45) is 1.59. The first kappa shape index (κ1) is 12.5. The fourth-order valence-electron chi connectivity index (χ4n) is 2.78. The van der Waals surface area contributed by atoms with Crippen molar-refractivity contribution in [1.82, 2.24) is 15.0 Å². The lowest BCUT2D eigenvalue weighted by atomic mass is 9.97. The standard InChI is InChI=1S/C17H11N3O2/c21-16-14-13(8-9-18-15(14)19-17(22)20-16)12-7-3-5-10-4-1-2-6-11(10)12/h1-9H,(H2,18,19,20,21,22). The summed E-state index contributed by atoms with van der Waals surface area (Å²) in [6, 6.07) is 15.7. The van der Waals surface area contributed by atoms with E-state index in [0.29, 0.717) is 11.0 Å². The van der Waals surface area contributed by atoms with Crippen LogP contribution in [0, 0.1) is 0 Å². The largest absolute Gasteiger partial charge is 0.327 e. The molecule has 0 radical (unpaired) electrons. The summed E-state index contributed by atoms with van der Waals surface area (Å²) in [5, 5.41) is 2.52. The van der Waals surface area contributed by atoms with Crippen LogP contribution >= 0.6 is 0 Å². The minimum atomic E-state index is -0.555. The molecule has 0 unspecified atom stereocenters. The number of nitrogens with zero attached hydrogens (tertiary/aromatic N) is 1. The van der Waals surface area contributed by atoms with Gasteiger partial charge in [0.1, 0.15) is 5.65 Å². The number of benzene rings is 2. The van der Waals surface area contributed by atoms with E-state index in [4.69, 9.17) is 0 Å². The summed E-state index contributed by atoms with van der Waals surface area (Å²) in [4.78, 5) is 32.6. The van der Waals surface area contributed by atoms with Gasteiger partial charge in [-0.05, 0) is 22.4 Å². The molecule has 0 aliphatic rings. The molecule has 0 atom stereocenters. The fourth-order valence-corrected chi connectivity index (χ4v) is 2.78. The van der Waals surface area contributed by atoms with E-state index in [0.717, 1.165) is 21.9 Å². The molecule has 2 aromatic carbocycles. The average molecular weight is 289 g/mol. The van der Waals surface area contributed by atoms with E-state index in [9.17, 15) is 9.59 Å². The highest BCUT2D eigenvalue weighted by molar-refractivity contribution is 6.03. The van der Waals surface area contributed by atoms with Crippen LogP contribution in [-0.4, -0.2) is 15.0 Å². The normalized spacial score (nSPS) is 11.1. The van der Waals surface area contributed by atoms with Crippen LogP contribution < -0.4 is 11.2 Å². The van der Waals surface area contributed by atoms with E-state index in [1.54, 1.807) is 12.3 Å². The molecule has 0 aliphatic carbocycles. The van der Waals surface area contributed by atoms with Gasteiger partial charge in [0.2, 0.25) is 0 Å². The van der Waals surface area contributed by atoms with Gasteiger partial charge in [-0.25, -0.2) is 9.78 Å². The van der Waals surface area contributed by atoms with Crippen molar-refractivity contribution in [2.45, 2.75) is 0 Å². The van der Waals surface area contributed by atoms with E-state index in [-0.39, 0.29) is 0 Å². The van der Waals surface area contributed by atoms with E-state index in [2.05, 4.69) is 15.0 Å². The Morgan fingerprint density at radius 1 is 0.818 bits per heavy atom. The van der Waals surface area contributed by atoms with Gasteiger partial charge >= 0.3 is 5.69 Å². The Balaban J connectivity index is 2.18. The molecule has 4 aromatic rings. The van der Waals surface area contributed by atoms with Gasteiger partial charge < -0.3 is 0 Å². The highest BCUT2D eigenvalue weighted by Crippen LogP contribution is 2.30. The molecule has 5 nitrogen and oxygen atoms in total. The first-order valence-corrected chi connectivity index (χ1v) is 6.83. The number of aromatic amines is 2. The van der Waals surface area contributed by atoms with Crippen molar-refractivity contribution in [3.05, 3.63) is 75.6 Å². The van der Waals surface area contributed by atoms with Gasteiger partial charge in [-0.1, -0.05) is 42.5 Å². The van der Waals surface area contributed by atoms with Crippen LogP contribution in [0.5, 0.6) is 0 Å². The number of pyridine rings is 1. The first-order chi connectivity index (χ1) is 10.7. The van der Waals surface area contributed by atoms with Crippen LogP contribution in [0.15, 0.2) is 64.3 Å². The SMILES string of the molecule is O=c1[nH]c(=O)c2c(-c3cccc4ccccc34)ccnc2[nH]1. The number of rotatable bonds is 1. The maximum Gasteiger partial charge on any atom is 0.327 e. The van der Waals surface area contributed by atoms with Crippen molar-refractivity contribution in [2.75, 3.05) is 0 Å². The van der Waals surface area contributed by atoms with Gasteiger partial charge in [-0.3, -0.25) is 14.8 Å². The molecule has 0 amide bonds. The number of hydrogen-bond donors (Lipinski definition) is 2. The lowest BCUT2D eigenvalue weighted by molar-refractivity contribution is 1.06. The summed E-state index contributed by atoms with van der Waals surface area (Å²) in [5.41, 5.74) is 0.983. The van der Waals surface area contributed by atoms with Crippen molar-refractivity contribution in [2.24, 2.45) is 0 Å². The van der Waals surface area contributed by atoms with Crippen LogP contribution in [0.2, 0.25) is 0 Å². The molecule has 2 aromatic heterocycles. The molecular weight excluding hydrogens is 278 g/mol. The van der Waals surface area contributed by atoms with Gasteiger partial charge in [0.15, 0.2) is 0 Å². The third-order valence-corrected chi connectivity index (χ3v) is 3.72. The molecule has 22 heavy (non-hydrogen) atoms. The lowest BCUT2D eigenvalue weighted by Crippen LogP contribution is -2.22. The number of fused-ring (bicyclic) bond motifs is 2. The monoisotopic (exact) mass is 289 g/mol. The topological polar surface area (TPSA) is 78.6 Å². The van der Waals surface area contributed by atoms with Crippen LogP contribution in [0.1, 0.15) is 0 Å². The van der Waals surface area contributed by atoms with E-state index >= 15 is 0 Å². The Morgan fingerprint density at radius 2 is 1.64 bits per heavy atom. The first-order valence-electron chi connectivity index (χ1n) is 6.83. The number of hydrogen-bond acceptors (Lipinski definition) is 3. The Labute approximate surface area is 124 Å². The number of H-pyrrole nitrogens is 2. The maximum absolute atomic E-state index is 12.2. The van der Waals surface area contributed by atoms with Crippen LogP contribution in [0.25, 0.3) is 32.9 Å². The summed E-state index contributed by atoms with van der Waals surface area (Å²) in [5.74, 6) is 0. The lowest BCUT2D eigenvalue weighted by Gasteiger charge is -2.08. The fraction of sp³-hybridized carbons (Fsp3) is 0. The van der Waals surface area contributed by atoms with Crippen molar-refractivity contribution in [3.8, 4) is 11.1 Å². The van der Waals surface area contributed by atoms with Gasteiger partial charge in [-0.15, -0.1) is 0 Å². The molecular formula is C17H11N3O2. The quantitative estimate of drug-likeness (QED) is 0.565. The molecule has 106 valence electrons. The minimum absolute atomic E-state index is 0.291. The van der Waals surface area contributed by atoms with Crippen molar-refractivity contribution < 1.29 is 0 Å². The molecule has 4 rings (SSSR count). The average Bonchev–Trinajstić information content (AvgIpc) is 2.53. The molecule has 0 aliphatic heterocycles. The zero-order valence-electron chi connectivity index (χ0n) is 11.5. The highest BCUT2D eigenvalue weighted by atomic mass is 16.2. The van der Waals surface area contributed by atoms with E-state index in [1.165, 1.54) is 0 Å². The van der Waals surface area contributed by atoms with Crippen molar-refractivity contribution in [3.63, 3.8) is 0 Å². The highest BCUT2D eigenvalue weighted by Gasteiger charge is 2.11.